The number of benzene rings is 4. The first-order valence-electron chi connectivity index (χ1n) is 10.2. The van der Waals surface area contributed by atoms with Gasteiger partial charge in [-0.2, -0.15) is 0 Å². The Kier molecular flexibility index (Phi) is 4.06. The fourth-order valence-corrected chi connectivity index (χ4v) is 3.98. The van der Waals surface area contributed by atoms with Gasteiger partial charge in [-0.05, 0) is 22.4 Å². The van der Waals surface area contributed by atoms with Crippen LogP contribution in [0.25, 0.3) is 45.1 Å². The van der Waals surface area contributed by atoms with Crippen LogP contribution in [-0.2, 0) is 0 Å². The van der Waals surface area contributed by atoms with E-state index in [1.54, 1.807) is 4.63 Å². The summed E-state index contributed by atoms with van der Waals surface area (Å²) in [6.07, 6.45) is 2.18. The molecule has 0 aliphatic rings. The summed E-state index contributed by atoms with van der Waals surface area (Å²) in [6.45, 7) is 0. The third-order valence-electron chi connectivity index (χ3n) is 5.48. The van der Waals surface area contributed by atoms with Crippen molar-refractivity contribution in [3.05, 3.63) is 114 Å². The van der Waals surface area contributed by atoms with E-state index in [0.717, 1.165) is 33.3 Å². The van der Waals surface area contributed by atoms with Gasteiger partial charge in [0.2, 0.25) is 0 Å². The molecule has 4 heteroatoms. The number of aromatic nitrogens is 4. The second kappa shape index (κ2) is 7.18. The Bertz CT molecular complexity index is 1560. The lowest BCUT2D eigenvalue weighted by molar-refractivity contribution is 0.828. The average molecular weight is 398 g/mol. The molecule has 0 N–H and O–H groups in total. The molecule has 4 nitrogen and oxygen atoms in total. The number of hydrogen-bond donors (Lipinski definition) is 0. The Morgan fingerprint density at radius 3 is 2.10 bits per heavy atom. The van der Waals surface area contributed by atoms with Crippen LogP contribution in [-0.4, -0.2) is 19.8 Å². The number of fused-ring (bicyclic) bond motifs is 2. The molecule has 0 saturated heterocycles. The van der Waals surface area contributed by atoms with Crippen LogP contribution in [0.4, 0.5) is 0 Å². The van der Waals surface area contributed by atoms with E-state index in [1.165, 1.54) is 10.8 Å². The summed E-state index contributed by atoms with van der Waals surface area (Å²) in [5.41, 5.74) is 4.79. The Balaban J connectivity index is 1.65. The lowest BCUT2D eigenvalue weighted by atomic mass is 10.0. The Hall–Kier alpha value is -4.31. The van der Waals surface area contributed by atoms with Crippen LogP contribution < -0.4 is 5.22 Å². The summed E-state index contributed by atoms with van der Waals surface area (Å²) in [7, 11) is 0. The van der Waals surface area contributed by atoms with E-state index in [0.29, 0.717) is 5.82 Å². The van der Waals surface area contributed by atoms with Crippen LogP contribution in [0.3, 0.4) is 0 Å². The topological polar surface area (TPSA) is 43.1 Å². The average Bonchev–Trinajstić information content (AvgIpc) is 3.40. The molecule has 6 aromatic rings. The molecule has 0 spiro atoms. The summed E-state index contributed by atoms with van der Waals surface area (Å²) in [6, 6.07) is 35.0. The summed E-state index contributed by atoms with van der Waals surface area (Å²) in [5.74, 6) is 0.676. The van der Waals surface area contributed by atoms with Crippen molar-refractivity contribution in [3.8, 4) is 22.6 Å². The number of rotatable bonds is 3. The monoisotopic (exact) mass is 398 g/mol. The summed E-state index contributed by atoms with van der Waals surface area (Å²) in [4.78, 5) is 4.86. The van der Waals surface area contributed by atoms with Gasteiger partial charge in [-0.25, -0.2) is 4.98 Å². The fourth-order valence-electron chi connectivity index (χ4n) is 3.98. The Morgan fingerprint density at radius 2 is 1.29 bits per heavy atom. The van der Waals surface area contributed by atoms with E-state index in [4.69, 9.17) is 10.1 Å². The lowest BCUT2D eigenvalue weighted by Crippen LogP contribution is -2.04. The molecule has 0 atom stereocenters. The smallest absolute Gasteiger partial charge is 0.186 e. The first kappa shape index (κ1) is 17.5. The van der Waals surface area contributed by atoms with E-state index < -0.39 is 0 Å². The molecule has 0 fully saturated rings. The van der Waals surface area contributed by atoms with Crippen molar-refractivity contribution in [2.24, 2.45) is 0 Å². The molecule has 0 saturated carbocycles. The van der Waals surface area contributed by atoms with Crippen LogP contribution in [0.5, 0.6) is 0 Å². The first-order valence-corrected chi connectivity index (χ1v) is 10.2. The Labute approximate surface area is 179 Å². The summed E-state index contributed by atoms with van der Waals surface area (Å²) in [5, 5.41) is 12.9. The van der Waals surface area contributed by atoms with Crippen molar-refractivity contribution in [2.75, 3.05) is 0 Å². The minimum absolute atomic E-state index is 0.676. The maximum Gasteiger partial charge on any atom is 0.186 e. The first-order chi connectivity index (χ1) is 15.4. The highest BCUT2D eigenvalue weighted by molar-refractivity contribution is 5.91. The van der Waals surface area contributed by atoms with Crippen LogP contribution in [0.15, 0.2) is 103 Å². The molecular formula is C27H18N4. The minimum atomic E-state index is 0.676. The largest absolute Gasteiger partial charge is 0.204 e. The van der Waals surface area contributed by atoms with Crippen molar-refractivity contribution in [1.29, 1.82) is 0 Å². The van der Waals surface area contributed by atoms with Gasteiger partial charge in [0.1, 0.15) is 5.69 Å². The second-order valence-electron chi connectivity index (χ2n) is 7.46. The lowest BCUT2D eigenvalue weighted by Gasteiger charge is -2.02. The van der Waals surface area contributed by atoms with E-state index in [1.807, 2.05) is 48.5 Å². The van der Waals surface area contributed by atoms with E-state index in [2.05, 4.69) is 65.8 Å². The van der Waals surface area contributed by atoms with Crippen molar-refractivity contribution in [3.63, 3.8) is 0 Å². The van der Waals surface area contributed by atoms with Gasteiger partial charge in [0, 0.05) is 16.3 Å². The molecule has 2 heterocycles. The van der Waals surface area contributed by atoms with Gasteiger partial charge in [-0.15, -0.1) is 14.8 Å². The van der Waals surface area contributed by atoms with Gasteiger partial charge in [-0.1, -0.05) is 103 Å². The van der Waals surface area contributed by atoms with Gasteiger partial charge < -0.3 is 0 Å². The molecule has 0 unspecified atom stereocenters. The van der Waals surface area contributed by atoms with Gasteiger partial charge in [-0.3, -0.25) is 0 Å². The molecule has 0 aliphatic heterocycles. The maximum atomic E-state index is 4.86. The van der Waals surface area contributed by atoms with Crippen LogP contribution in [0.2, 0.25) is 0 Å². The maximum absolute atomic E-state index is 4.86. The molecule has 2 aromatic heterocycles. The van der Waals surface area contributed by atoms with Crippen LogP contribution in [0.1, 0.15) is 5.56 Å². The molecule has 6 rings (SSSR count). The zero-order valence-electron chi connectivity index (χ0n) is 16.7. The highest BCUT2D eigenvalue weighted by Crippen LogP contribution is 2.22. The third-order valence-corrected chi connectivity index (χ3v) is 5.48. The van der Waals surface area contributed by atoms with Crippen molar-refractivity contribution >= 4 is 22.5 Å². The van der Waals surface area contributed by atoms with Crippen molar-refractivity contribution < 1.29 is 0 Å². The fraction of sp³-hybridized carbons (Fsp3) is 0. The Morgan fingerprint density at radius 1 is 0.613 bits per heavy atom. The predicted molar refractivity (Wildman–Crippen MR) is 124 cm³/mol. The van der Waals surface area contributed by atoms with Crippen LogP contribution in [0, 0.1) is 0 Å². The van der Waals surface area contributed by atoms with E-state index >= 15 is 0 Å². The molecule has 0 bridgehead atoms. The summed E-state index contributed by atoms with van der Waals surface area (Å²) >= 11 is 0. The molecule has 4 aromatic carbocycles. The zero-order chi connectivity index (χ0) is 20.6. The van der Waals surface area contributed by atoms with Crippen molar-refractivity contribution in [1.82, 2.24) is 19.8 Å². The van der Waals surface area contributed by atoms with Gasteiger partial charge in [0.05, 0.1) is 0 Å². The molecule has 0 amide bonds. The summed E-state index contributed by atoms with van der Waals surface area (Å²) < 4.78 is 1.65. The molecule has 146 valence electrons. The predicted octanol–water partition coefficient (Wildman–Crippen LogP) is 5.16. The SMILES string of the molecule is C(/c1cccc2ccccc12)=c1\c(-c2ccccc2)nn2nc(-c3ccccc3)nc12. The van der Waals surface area contributed by atoms with E-state index in [-0.39, 0.29) is 0 Å². The molecular weight excluding hydrogens is 380 g/mol. The van der Waals surface area contributed by atoms with Gasteiger partial charge in [0.15, 0.2) is 11.5 Å². The second-order valence-corrected chi connectivity index (χ2v) is 7.46. The normalized spacial score (nSPS) is 12.1. The highest BCUT2D eigenvalue weighted by Gasteiger charge is 2.15. The standard InChI is InChI=1S/C27H18N4/c1-3-11-20(12-4-1)25-24(18-22-16-9-15-19-10-7-8-17-23(19)22)27-28-26(30-31(27)29-25)21-13-5-2-6-14-21/h1-18H/b24-18-. The molecule has 0 aliphatic carbocycles. The molecule has 31 heavy (non-hydrogen) atoms. The highest BCUT2D eigenvalue weighted by atomic mass is 15.5. The van der Waals surface area contributed by atoms with Crippen LogP contribution >= 0.6 is 0 Å². The number of hydrogen-bond acceptors (Lipinski definition) is 3. The quantitative estimate of drug-likeness (QED) is 0.414. The van der Waals surface area contributed by atoms with Gasteiger partial charge in [0.25, 0.3) is 0 Å². The van der Waals surface area contributed by atoms with Crippen molar-refractivity contribution in [2.45, 2.75) is 0 Å². The third kappa shape index (κ3) is 3.06. The molecule has 0 radical (unpaired) electrons. The number of nitrogens with zero attached hydrogens (tertiary/aromatic N) is 4. The van der Waals surface area contributed by atoms with Gasteiger partial charge >= 0.3 is 0 Å². The zero-order valence-corrected chi connectivity index (χ0v) is 16.7. The van der Waals surface area contributed by atoms with E-state index in [9.17, 15) is 0 Å². The minimum Gasteiger partial charge on any atom is -0.204 e.